The zero-order chi connectivity index (χ0) is 11.5. The molecule has 1 aliphatic carbocycles. The maximum atomic E-state index is 11.5. The summed E-state index contributed by atoms with van der Waals surface area (Å²) >= 11 is 0. The number of methoxy groups -OCH3 is 1. The summed E-state index contributed by atoms with van der Waals surface area (Å²) in [5.41, 5.74) is 6.16. The molecule has 0 aliphatic heterocycles. The fourth-order valence-corrected chi connectivity index (χ4v) is 1.77. The lowest BCUT2D eigenvalue weighted by Gasteiger charge is -2.33. The van der Waals surface area contributed by atoms with Crippen molar-refractivity contribution in [1.29, 1.82) is 0 Å². The molecule has 3 N–H and O–H groups in total. The summed E-state index contributed by atoms with van der Waals surface area (Å²) < 4.78 is 4.69. The second kappa shape index (κ2) is 4.49. The van der Waals surface area contributed by atoms with Gasteiger partial charge in [-0.25, -0.2) is 9.78 Å². The molecule has 0 unspecified atom stereocenters. The molecule has 5 heteroatoms. The first kappa shape index (κ1) is 10.9. The van der Waals surface area contributed by atoms with Crippen LogP contribution in [0.5, 0.6) is 0 Å². The molecule has 0 spiro atoms. The molecule has 0 atom stereocenters. The van der Waals surface area contributed by atoms with E-state index in [0.29, 0.717) is 17.4 Å². The van der Waals surface area contributed by atoms with E-state index in [0.717, 1.165) is 12.8 Å². The van der Waals surface area contributed by atoms with E-state index in [9.17, 15) is 4.79 Å². The summed E-state index contributed by atoms with van der Waals surface area (Å²) in [7, 11) is 1.36. The van der Waals surface area contributed by atoms with Crippen LogP contribution in [0.4, 0.5) is 5.82 Å². The Balaban J connectivity index is 2.10. The van der Waals surface area contributed by atoms with Crippen LogP contribution in [0.15, 0.2) is 18.3 Å². The molecule has 2 rings (SSSR count). The number of carbonyl (C=O) groups is 1. The predicted molar refractivity (Wildman–Crippen MR) is 60.2 cm³/mol. The van der Waals surface area contributed by atoms with Gasteiger partial charge in [-0.3, -0.25) is 0 Å². The van der Waals surface area contributed by atoms with E-state index >= 15 is 0 Å². The van der Waals surface area contributed by atoms with Crippen LogP contribution < -0.4 is 11.1 Å². The lowest BCUT2D eigenvalue weighted by Crippen LogP contribution is -2.44. The van der Waals surface area contributed by atoms with Crippen molar-refractivity contribution in [2.45, 2.75) is 24.9 Å². The Hall–Kier alpha value is -1.62. The first-order chi connectivity index (χ1) is 7.70. The quantitative estimate of drug-likeness (QED) is 0.737. The molecule has 1 aromatic rings. The van der Waals surface area contributed by atoms with Crippen LogP contribution in [0, 0.1) is 0 Å². The minimum Gasteiger partial charge on any atom is -0.465 e. The highest BCUT2D eigenvalue weighted by atomic mass is 16.5. The summed E-state index contributed by atoms with van der Waals surface area (Å²) in [5.74, 6) is 0.200. The minimum absolute atomic E-state index is 0.266. The van der Waals surface area contributed by atoms with Crippen molar-refractivity contribution in [3.05, 3.63) is 23.9 Å². The van der Waals surface area contributed by atoms with Gasteiger partial charge in [-0.05, 0) is 25.0 Å². The highest BCUT2D eigenvalue weighted by molar-refractivity contribution is 5.94. The van der Waals surface area contributed by atoms with Gasteiger partial charge in [0.25, 0.3) is 0 Å². The van der Waals surface area contributed by atoms with E-state index < -0.39 is 0 Å². The Morgan fingerprint density at radius 2 is 2.38 bits per heavy atom. The third kappa shape index (κ3) is 2.14. The van der Waals surface area contributed by atoms with Crippen molar-refractivity contribution in [2.75, 3.05) is 12.4 Å². The van der Waals surface area contributed by atoms with E-state index in [1.807, 2.05) is 0 Å². The molecule has 16 heavy (non-hydrogen) atoms. The zero-order valence-electron chi connectivity index (χ0n) is 9.14. The molecular formula is C11H15N3O2. The minimum atomic E-state index is -0.376. The molecule has 5 nitrogen and oxygen atoms in total. The van der Waals surface area contributed by atoms with Crippen LogP contribution in [0.1, 0.15) is 23.2 Å². The third-order valence-electron chi connectivity index (χ3n) is 2.73. The van der Waals surface area contributed by atoms with Gasteiger partial charge in [0.1, 0.15) is 11.4 Å². The maximum absolute atomic E-state index is 11.5. The second-order valence-electron chi connectivity index (χ2n) is 3.96. The number of hydrogen-bond donors (Lipinski definition) is 2. The standard InChI is InChI=1S/C11H15N3O2/c1-16-11(15)9-3-2-4-13-10(9)14-8-5-7(12)6-8/h2-4,7-8H,5-6,12H2,1H3,(H,13,14). The number of nitrogens with one attached hydrogen (secondary N) is 1. The first-order valence-electron chi connectivity index (χ1n) is 5.26. The van der Waals surface area contributed by atoms with Gasteiger partial charge in [-0.1, -0.05) is 0 Å². The molecule has 0 aromatic carbocycles. The highest BCUT2D eigenvalue weighted by Crippen LogP contribution is 2.23. The number of aromatic nitrogens is 1. The summed E-state index contributed by atoms with van der Waals surface area (Å²) in [6, 6.07) is 3.99. The van der Waals surface area contributed by atoms with Crippen LogP contribution in [-0.4, -0.2) is 30.1 Å². The highest BCUT2D eigenvalue weighted by Gasteiger charge is 2.27. The van der Waals surface area contributed by atoms with Crippen LogP contribution in [0.3, 0.4) is 0 Å². The number of nitrogens with two attached hydrogens (primary N) is 1. The van der Waals surface area contributed by atoms with Crippen molar-refractivity contribution in [3.8, 4) is 0 Å². The normalized spacial score (nSPS) is 23.4. The predicted octanol–water partition coefficient (Wildman–Crippen LogP) is 0.770. The summed E-state index contributed by atoms with van der Waals surface area (Å²) in [4.78, 5) is 15.6. The molecule has 1 heterocycles. The van der Waals surface area contributed by atoms with Crippen LogP contribution in [-0.2, 0) is 4.74 Å². The summed E-state index contributed by atoms with van der Waals surface area (Å²) in [6.07, 6.45) is 3.47. The summed E-state index contributed by atoms with van der Waals surface area (Å²) in [6.45, 7) is 0. The number of ether oxygens (including phenoxy) is 1. The van der Waals surface area contributed by atoms with Gasteiger partial charge in [-0.2, -0.15) is 0 Å². The van der Waals surface area contributed by atoms with Gasteiger partial charge in [0.15, 0.2) is 0 Å². The van der Waals surface area contributed by atoms with Crippen molar-refractivity contribution >= 4 is 11.8 Å². The molecule has 1 saturated carbocycles. The number of pyridine rings is 1. The van der Waals surface area contributed by atoms with E-state index in [1.165, 1.54) is 7.11 Å². The Kier molecular flexibility index (Phi) is 3.05. The Morgan fingerprint density at radius 1 is 1.62 bits per heavy atom. The number of rotatable bonds is 3. The van der Waals surface area contributed by atoms with Crippen LogP contribution in [0.2, 0.25) is 0 Å². The lowest BCUT2D eigenvalue weighted by molar-refractivity contribution is 0.0601. The first-order valence-corrected chi connectivity index (χ1v) is 5.26. The average Bonchev–Trinajstić information content (AvgIpc) is 2.27. The molecule has 0 amide bonds. The number of esters is 1. The largest absolute Gasteiger partial charge is 0.465 e. The summed E-state index contributed by atoms with van der Waals surface area (Å²) in [5, 5.41) is 3.20. The van der Waals surface area contributed by atoms with Gasteiger partial charge in [0, 0.05) is 18.3 Å². The van der Waals surface area contributed by atoms with Crippen molar-refractivity contribution in [1.82, 2.24) is 4.98 Å². The average molecular weight is 221 g/mol. The van der Waals surface area contributed by atoms with Gasteiger partial charge in [0.05, 0.1) is 7.11 Å². The molecule has 0 saturated heterocycles. The fraction of sp³-hybridized carbons (Fsp3) is 0.455. The number of carbonyl (C=O) groups excluding carboxylic acids is 1. The Morgan fingerprint density at radius 3 is 3.00 bits per heavy atom. The van der Waals surface area contributed by atoms with Gasteiger partial charge < -0.3 is 15.8 Å². The Bertz CT molecular complexity index is 389. The molecule has 1 fully saturated rings. The molecular weight excluding hydrogens is 206 g/mol. The number of nitrogens with zero attached hydrogens (tertiary/aromatic N) is 1. The molecule has 0 bridgehead atoms. The van der Waals surface area contributed by atoms with E-state index in [1.54, 1.807) is 18.3 Å². The van der Waals surface area contributed by atoms with Crippen molar-refractivity contribution in [2.24, 2.45) is 5.73 Å². The lowest BCUT2D eigenvalue weighted by atomic mass is 9.87. The molecule has 0 radical (unpaired) electrons. The number of hydrogen-bond acceptors (Lipinski definition) is 5. The van der Waals surface area contributed by atoms with Gasteiger partial charge >= 0.3 is 5.97 Å². The zero-order valence-corrected chi connectivity index (χ0v) is 9.14. The molecule has 1 aromatic heterocycles. The van der Waals surface area contributed by atoms with E-state index in [4.69, 9.17) is 5.73 Å². The fourth-order valence-electron chi connectivity index (χ4n) is 1.77. The van der Waals surface area contributed by atoms with E-state index in [-0.39, 0.29) is 12.0 Å². The third-order valence-corrected chi connectivity index (χ3v) is 2.73. The van der Waals surface area contributed by atoms with E-state index in [2.05, 4.69) is 15.0 Å². The Labute approximate surface area is 94.0 Å². The SMILES string of the molecule is COC(=O)c1cccnc1NC1CC(N)C1. The van der Waals surface area contributed by atoms with Crippen LogP contribution in [0.25, 0.3) is 0 Å². The molecule has 86 valence electrons. The monoisotopic (exact) mass is 221 g/mol. The smallest absolute Gasteiger partial charge is 0.341 e. The maximum Gasteiger partial charge on any atom is 0.341 e. The number of anilines is 1. The topological polar surface area (TPSA) is 77.2 Å². The van der Waals surface area contributed by atoms with Crippen molar-refractivity contribution in [3.63, 3.8) is 0 Å². The second-order valence-corrected chi connectivity index (χ2v) is 3.96. The van der Waals surface area contributed by atoms with Crippen molar-refractivity contribution < 1.29 is 9.53 Å². The van der Waals surface area contributed by atoms with Gasteiger partial charge in [0.2, 0.25) is 0 Å². The van der Waals surface area contributed by atoms with Crippen LogP contribution >= 0.6 is 0 Å². The molecule has 1 aliphatic rings. The van der Waals surface area contributed by atoms with Gasteiger partial charge in [-0.15, -0.1) is 0 Å².